The van der Waals surface area contributed by atoms with E-state index in [1.54, 1.807) is 31.2 Å². The molecule has 0 unspecified atom stereocenters. The van der Waals surface area contributed by atoms with Crippen LogP contribution in [0.1, 0.15) is 12.5 Å². The fraction of sp³-hybridized carbons (Fsp3) is 0.111. The number of hydrogen-bond donors (Lipinski definition) is 2. The summed E-state index contributed by atoms with van der Waals surface area (Å²) < 4.78 is 10.9. The predicted molar refractivity (Wildman–Crippen MR) is 94.8 cm³/mol. The number of oxazole rings is 1. The van der Waals surface area contributed by atoms with Gasteiger partial charge in [-0.1, -0.05) is 18.2 Å². The Labute approximate surface area is 147 Å². The maximum Gasteiger partial charge on any atom is 0.342 e. The number of phenolic OH excluding ortho intramolecular Hbond substituents is 1. The molecule has 0 bridgehead atoms. The third kappa shape index (κ3) is 3.95. The molecular formula is C18H15NO5S. The quantitative estimate of drug-likeness (QED) is 0.505. The minimum atomic E-state index is -1.10. The highest BCUT2D eigenvalue weighted by molar-refractivity contribution is 8.03. The largest absolute Gasteiger partial charge is 0.504 e. The van der Waals surface area contributed by atoms with Crippen molar-refractivity contribution in [1.82, 2.24) is 4.98 Å². The SMILES string of the molecule is CCOc1cc(/C=C(/Sc2nc3ccccc3o2)C(=O)O)ccc1O. The van der Waals surface area contributed by atoms with Crippen LogP contribution in [0.3, 0.4) is 0 Å². The van der Waals surface area contributed by atoms with E-state index in [9.17, 15) is 15.0 Å². The van der Waals surface area contributed by atoms with Crippen LogP contribution in [-0.4, -0.2) is 27.8 Å². The molecule has 0 saturated heterocycles. The molecule has 6 nitrogen and oxygen atoms in total. The van der Waals surface area contributed by atoms with Crippen molar-refractivity contribution in [2.24, 2.45) is 0 Å². The Morgan fingerprint density at radius 1 is 1.32 bits per heavy atom. The van der Waals surface area contributed by atoms with Gasteiger partial charge in [0.05, 0.1) is 6.61 Å². The topological polar surface area (TPSA) is 92.8 Å². The zero-order chi connectivity index (χ0) is 17.8. The van der Waals surface area contributed by atoms with E-state index in [-0.39, 0.29) is 15.9 Å². The summed E-state index contributed by atoms with van der Waals surface area (Å²) in [5.74, 6) is -0.798. The zero-order valence-electron chi connectivity index (χ0n) is 13.3. The summed E-state index contributed by atoms with van der Waals surface area (Å²) in [7, 11) is 0. The molecule has 0 aliphatic heterocycles. The molecule has 0 saturated carbocycles. The number of para-hydroxylation sites is 2. The third-order valence-corrected chi connectivity index (χ3v) is 4.13. The monoisotopic (exact) mass is 357 g/mol. The van der Waals surface area contributed by atoms with E-state index in [2.05, 4.69) is 4.98 Å². The molecule has 1 aromatic heterocycles. The summed E-state index contributed by atoms with van der Waals surface area (Å²) in [4.78, 5) is 15.9. The predicted octanol–water partition coefficient (Wildman–Crippen LogP) is 4.15. The number of benzene rings is 2. The molecule has 2 aromatic carbocycles. The number of phenols is 1. The lowest BCUT2D eigenvalue weighted by Crippen LogP contribution is -1.97. The maximum atomic E-state index is 11.6. The molecule has 0 aliphatic rings. The van der Waals surface area contributed by atoms with Crippen molar-refractivity contribution in [3.63, 3.8) is 0 Å². The summed E-state index contributed by atoms with van der Waals surface area (Å²) in [6, 6.07) is 11.9. The lowest BCUT2D eigenvalue weighted by molar-refractivity contribution is -0.131. The van der Waals surface area contributed by atoms with Gasteiger partial charge in [-0.15, -0.1) is 0 Å². The minimum Gasteiger partial charge on any atom is -0.504 e. The highest BCUT2D eigenvalue weighted by Crippen LogP contribution is 2.32. The van der Waals surface area contributed by atoms with Gasteiger partial charge in [-0.2, -0.15) is 0 Å². The van der Waals surface area contributed by atoms with Crippen LogP contribution >= 0.6 is 11.8 Å². The molecule has 2 N–H and O–H groups in total. The minimum absolute atomic E-state index is 0.00230. The van der Waals surface area contributed by atoms with Crippen molar-refractivity contribution in [2.45, 2.75) is 12.1 Å². The number of aromatic nitrogens is 1. The summed E-state index contributed by atoms with van der Waals surface area (Å²) >= 11 is 0.921. The average Bonchev–Trinajstić information content (AvgIpc) is 2.99. The highest BCUT2D eigenvalue weighted by Gasteiger charge is 2.15. The van der Waals surface area contributed by atoms with Gasteiger partial charge in [0.1, 0.15) is 10.4 Å². The van der Waals surface area contributed by atoms with Crippen molar-refractivity contribution in [3.8, 4) is 11.5 Å². The van der Waals surface area contributed by atoms with Gasteiger partial charge in [0, 0.05) is 0 Å². The van der Waals surface area contributed by atoms with E-state index >= 15 is 0 Å². The van der Waals surface area contributed by atoms with Crippen LogP contribution < -0.4 is 4.74 Å². The standard InChI is InChI=1S/C18H15NO5S/c1-2-23-15-9-11(7-8-13(15)20)10-16(17(21)22)25-18-19-12-5-3-4-6-14(12)24-18/h3-10,20H,2H2,1H3,(H,21,22)/b16-10+. The molecule has 0 spiro atoms. The Morgan fingerprint density at radius 3 is 2.84 bits per heavy atom. The van der Waals surface area contributed by atoms with Gasteiger partial charge in [0.2, 0.25) is 0 Å². The second-order valence-corrected chi connectivity index (χ2v) is 6.02. The molecular weight excluding hydrogens is 342 g/mol. The molecule has 0 fully saturated rings. The van der Waals surface area contributed by atoms with Crippen LogP contribution in [0, 0.1) is 0 Å². The second-order valence-electron chi connectivity index (χ2n) is 5.02. The number of aliphatic carboxylic acids is 1. The van der Waals surface area contributed by atoms with Gasteiger partial charge in [0.25, 0.3) is 5.22 Å². The first kappa shape index (κ1) is 16.9. The van der Waals surface area contributed by atoms with Gasteiger partial charge < -0.3 is 19.4 Å². The lowest BCUT2D eigenvalue weighted by atomic mass is 10.2. The number of carbonyl (C=O) groups is 1. The Bertz CT molecular complexity index is 915. The molecule has 1 heterocycles. The van der Waals surface area contributed by atoms with Gasteiger partial charge in [0.15, 0.2) is 17.1 Å². The number of nitrogens with zero attached hydrogens (tertiary/aromatic N) is 1. The van der Waals surface area contributed by atoms with Crippen molar-refractivity contribution in [2.75, 3.05) is 6.61 Å². The fourth-order valence-electron chi connectivity index (χ4n) is 2.17. The van der Waals surface area contributed by atoms with Gasteiger partial charge in [-0.25, -0.2) is 9.78 Å². The van der Waals surface area contributed by atoms with E-state index in [0.29, 0.717) is 29.0 Å². The van der Waals surface area contributed by atoms with E-state index in [1.165, 1.54) is 12.1 Å². The van der Waals surface area contributed by atoms with Crippen LogP contribution in [0.4, 0.5) is 0 Å². The van der Waals surface area contributed by atoms with Gasteiger partial charge >= 0.3 is 5.97 Å². The summed E-state index contributed by atoms with van der Waals surface area (Å²) in [5.41, 5.74) is 1.85. The number of aromatic hydroxyl groups is 1. The molecule has 128 valence electrons. The summed E-state index contributed by atoms with van der Waals surface area (Å²) in [6.07, 6.45) is 1.48. The van der Waals surface area contributed by atoms with Crippen molar-refractivity contribution in [3.05, 3.63) is 52.9 Å². The van der Waals surface area contributed by atoms with Crippen LogP contribution in [-0.2, 0) is 4.79 Å². The van der Waals surface area contributed by atoms with Gasteiger partial charge in [-0.05, 0) is 54.6 Å². The number of thioether (sulfide) groups is 1. The number of ether oxygens (including phenoxy) is 1. The molecule has 0 atom stereocenters. The normalized spacial score (nSPS) is 11.6. The van der Waals surface area contributed by atoms with E-state index < -0.39 is 5.97 Å². The molecule has 3 aromatic rings. The number of carboxylic acid groups (broad SMARTS) is 1. The van der Waals surface area contributed by atoms with Crippen LogP contribution in [0.25, 0.3) is 17.2 Å². The molecule has 3 rings (SSSR count). The number of hydrogen-bond acceptors (Lipinski definition) is 6. The molecule has 0 aliphatic carbocycles. The smallest absolute Gasteiger partial charge is 0.342 e. The summed E-state index contributed by atoms with van der Waals surface area (Å²) in [6.45, 7) is 2.19. The number of rotatable bonds is 6. The fourth-order valence-corrected chi connectivity index (χ4v) is 2.91. The maximum absolute atomic E-state index is 11.6. The highest BCUT2D eigenvalue weighted by atomic mass is 32.2. The Hall–Kier alpha value is -2.93. The first-order chi connectivity index (χ1) is 12.1. The number of fused-ring (bicyclic) bond motifs is 1. The molecule has 0 radical (unpaired) electrons. The molecule has 0 amide bonds. The van der Waals surface area contributed by atoms with E-state index in [1.807, 2.05) is 12.1 Å². The van der Waals surface area contributed by atoms with E-state index in [4.69, 9.17) is 9.15 Å². The Morgan fingerprint density at radius 2 is 2.12 bits per heavy atom. The summed E-state index contributed by atoms with van der Waals surface area (Å²) in [5, 5.41) is 19.4. The van der Waals surface area contributed by atoms with Crippen LogP contribution in [0.15, 0.2) is 57.0 Å². The Kier molecular flexibility index (Phi) is 4.95. The van der Waals surface area contributed by atoms with Crippen molar-refractivity contribution >= 4 is 34.9 Å². The van der Waals surface area contributed by atoms with Crippen molar-refractivity contribution in [1.29, 1.82) is 0 Å². The lowest BCUT2D eigenvalue weighted by Gasteiger charge is -2.07. The average molecular weight is 357 g/mol. The van der Waals surface area contributed by atoms with Crippen molar-refractivity contribution < 1.29 is 24.2 Å². The number of carboxylic acids is 1. The third-order valence-electron chi connectivity index (χ3n) is 3.26. The molecule has 7 heteroatoms. The molecule has 25 heavy (non-hydrogen) atoms. The Balaban J connectivity index is 1.91. The zero-order valence-corrected chi connectivity index (χ0v) is 14.1. The van der Waals surface area contributed by atoms with E-state index in [0.717, 1.165) is 11.8 Å². The first-order valence-electron chi connectivity index (χ1n) is 7.51. The van der Waals surface area contributed by atoms with Crippen LogP contribution in [0.5, 0.6) is 11.5 Å². The van der Waals surface area contributed by atoms with Crippen LogP contribution in [0.2, 0.25) is 0 Å². The first-order valence-corrected chi connectivity index (χ1v) is 8.32. The van der Waals surface area contributed by atoms with Gasteiger partial charge in [-0.3, -0.25) is 0 Å². The second kappa shape index (κ2) is 7.31.